The van der Waals surface area contributed by atoms with E-state index < -0.39 is 0 Å². The predicted octanol–water partition coefficient (Wildman–Crippen LogP) is 4.03. The number of nitrogens with one attached hydrogen (secondary N) is 1. The number of rotatable bonds is 8. The fourth-order valence-electron chi connectivity index (χ4n) is 3.80. The molecule has 2 aliphatic rings. The summed E-state index contributed by atoms with van der Waals surface area (Å²) in [5.41, 5.74) is 0.969. The number of thioether (sulfide) groups is 1. The van der Waals surface area contributed by atoms with E-state index in [-0.39, 0.29) is 0 Å². The normalized spacial score (nSPS) is 17.9. The van der Waals surface area contributed by atoms with Crippen LogP contribution in [0.1, 0.15) is 25.7 Å². The van der Waals surface area contributed by atoms with Gasteiger partial charge in [0, 0.05) is 43.0 Å². The van der Waals surface area contributed by atoms with E-state index in [1.807, 2.05) is 48.3 Å². The van der Waals surface area contributed by atoms with Gasteiger partial charge in [0.2, 0.25) is 5.95 Å². The minimum absolute atomic E-state index is 0.635. The van der Waals surface area contributed by atoms with Gasteiger partial charge in [-0.05, 0) is 62.7 Å². The summed E-state index contributed by atoms with van der Waals surface area (Å²) >= 11 is 2.00. The number of hydrogen-bond acceptors (Lipinski definition) is 7. The molecular weight excluding hydrogens is 382 g/mol. The van der Waals surface area contributed by atoms with E-state index >= 15 is 0 Å². The van der Waals surface area contributed by atoms with Crippen LogP contribution in [0.15, 0.2) is 36.5 Å². The Morgan fingerprint density at radius 2 is 1.76 bits per heavy atom. The first-order chi connectivity index (χ1) is 14.4. The van der Waals surface area contributed by atoms with Gasteiger partial charge in [0.25, 0.3) is 0 Å². The minimum atomic E-state index is 0.635. The second-order valence-electron chi connectivity index (χ2n) is 7.59. The van der Waals surface area contributed by atoms with Crippen LogP contribution in [0.3, 0.4) is 0 Å². The average molecular weight is 414 g/mol. The molecule has 1 N–H and O–H groups in total. The largest absolute Gasteiger partial charge is 0.494 e. The number of hydrogen-bond donors (Lipinski definition) is 1. The Balaban J connectivity index is 1.24. The number of benzene rings is 1. The number of likely N-dealkylation sites (tertiary alicyclic amines) is 1. The van der Waals surface area contributed by atoms with Crippen LogP contribution in [0.25, 0.3) is 0 Å². The fourth-order valence-corrected chi connectivity index (χ4v) is 4.71. The Bertz CT molecular complexity index is 745. The van der Waals surface area contributed by atoms with Gasteiger partial charge in [0.15, 0.2) is 0 Å². The van der Waals surface area contributed by atoms with Crippen LogP contribution in [-0.2, 0) is 0 Å². The van der Waals surface area contributed by atoms with Crippen LogP contribution in [0.4, 0.5) is 17.5 Å². The highest BCUT2D eigenvalue weighted by Crippen LogP contribution is 2.21. The summed E-state index contributed by atoms with van der Waals surface area (Å²) in [7, 11) is 0. The van der Waals surface area contributed by atoms with Crippen molar-refractivity contribution in [3.8, 4) is 5.75 Å². The number of anilines is 3. The van der Waals surface area contributed by atoms with Crippen molar-refractivity contribution in [1.82, 2.24) is 14.9 Å². The Morgan fingerprint density at radius 3 is 2.55 bits per heavy atom. The third-order valence-electron chi connectivity index (χ3n) is 5.42. The highest BCUT2D eigenvalue weighted by Gasteiger charge is 2.13. The summed E-state index contributed by atoms with van der Waals surface area (Å²) in [4.78, 5) is 13.9. The van der Waals surface area contributed by atoms with Crippen LogP contribution < -0.4 is 15.0 Å². The molecule has 0 spiro atoms. The second-order valence-corrected chi connectivity index (χ2v) is 8.82. The average Bonchev–Trinajstić information content (AvgIpc) is 2.79. The number of nitrogens with zero attached hydrogens (tertiary/aromatic N) is 4. The first kappa shape index (κ1) is 20.3. The lowest BCUT2D eigenvalue weighted by Crippen LogP contribution is -2.33. The molecule has 2 saturated heterocycles. The Labute approximate surface area is 178 Å². The molecule has 1 aromatic heterocycles. The number of ether oxygens (including phenoxy) is 1. The minimum Gasteiger partial charge on any atom is -0.494 e. The maximum Gasteiger partial charge on any atom is 0.229 e. The van der Waals surface area contributed by atoms with Gasteiger partial charge >= 0.3 is 0 Å². The first-order valence-corrected chi connectivity index (χ1v) is 11.9. The Hall–Kier alpha value is -1.99. The molecule has 0 unspecified atom stereocenters. The van der Waals surface area contributed by atoms with Gasteiger partial charge < -0.3 is 19.9 Å². The fraction of sp³-hybridized carbons (Fsp3) is 0.545. The van der Waals surface area contributed by atoms with E-state index in [9.17, 15) is 0 Å². The molecule has 156 valence electrons. The summed E-state index contributed by atoms with van der Waals surface area (Å²) in [6.45, 7) is 6.50. The van der Waals surface area contributed by atoms with Gasteiger partial charge in [-0.25, -0.2) is 4.98 Å². The molecule has 3 heterocycles. The van der Waals surface area contributed by atoms with Crippen LogP contribution >= 0.6 is 11.8 Å². The molecule has 29 heavy (non-hydrogen) atoms. The number of piperidine rings is 1. The van der Waals surface area contributed by atoms with Crippen LogP contribution in [-0.4, -0.2) is 65.7 Å². The van der Waals surface area contributed by atoms with Crippen molar-refractivity contribution in [3.05, 3.63) is 36.5 Å². The Kier molecular flexibility index (Phi) is 7.48. The molecule has 2 fully saturated rings. The van der Waals surface area contributed by atoms with E-state index in [0.29, 0.717) is 5.95 Å². The van der Waals surface area contributed by atoms with Gasteiger partial charge in [-0.3, -0.25) is 0 Å². The molecule has 6 nitrogen and oxygen atoms in total. The highest BCUT2D eigenvalue weighted by molar-refractivity contribution is 7.99. The Morgan fingerprint density at radius 1 is 0.966 bits per heavy atom. The lowest BCUT2D eigenvalue weighted by Gasteiger charge is -2.27. The van der Waals surface area contributed by atoms with Crippen LogP contribution in [0, 0.1) is 0 Å². The molecule has 2 aromatic rings. The van der Waals surface area contributed by atoms with Crippen molar-refractivity contribution in [2.45, 2.75) is 25.7 Å². The zero-order valence-electron chi connectivity index (χ0n) is 17.1. The lowest BCUT2D eigenvalue weighted by atomic mass is 10.1. The summed E-state index contributed by atoms with van der Waals surface area (Å²) in [5.74, 6) is 4.86. The molecule has 0 bridgehead atoms. The highest BCUT2D eigenvalue weighted by atomic mass is 32.2. The summed E-state index contributed by atoms with van der Waals surface area (Å²) < 4.78 is 5.91. The SMILES string of the molecule is c1cc(N2CCSCC2)nc(Nc2ccc(OCCCN3CCCCC3)cc2)n1. The molecule has 4 rings (SSSR count). The quantitative estimate of drug-likeness (QED) is 0.656. The summed E-state index contributed by atoms with van der Waals surface area (Å²) in [6.07, 6.45) is 6.99. The summed E-state index contributed by atoms with van der Waals surface area (Å²) in [5, 5.41) is 3.30. The number of aromatic nitrogens is 2. The predicted molar refractivity (Wildman–Crippen MR) is 122 cm³/mol. The van der Waals surface area contributed by atoms with Gasteiger partial charge in [-0.15, -0.1) is 0 Å². The van der Waals surface area contributed by atoms with Crippen molar-refractivity contribution in [2.75, 3.05) is 61.1 Å². The molecule has 0 radical (unpaired) electrons. The first-order valence-electron chi connectivity index (χ1n) is 10.7. The summed E-state index contributed by atoms with van der Waals surface area (Å²) in [6, 6.07) is 10.0. The van der Waals surface area contributed by atoms with Gasteiger partial charge in [-0.2, -0.15) is 16.7 Å². The molecule has 0 aliphatic carbocycles. The second kappa shape index (κ2) is 10.7. The van der Waals surface area contributed by atoms with Crippen molar-refractivity contribution < 1.29 is 4.74 Å². The zero-order valence-corrected chi connectivity index (χ0v) is 17.9. The monoisotopic (exact) mass is 413 g/mol. The van der Waals surface area contributed by atoms with Gasteiger partial charge in [0.05, 0.1) is 6.61 Å². The van der Waals surface area contributed by atoms with Crippen LogP contribution in [0.2, 0.25) is 0 Å². The topological polar surface area (TPSA) is 53.5 Å². The van der Waals surface area contributed by atoms with E-state index in [4.69, 9.17) is 4.74 Å². The van der Waals surface area contributed by atoms with Crippen molar-refractivity contribution in [3.63, 3.8) is 0 Å². The van der Waals surface area contributed by atoms with Gasteiger partial charge in [-0.1, -0.05) is 6.42 Å². The van der Waals surface area contributed by atoms with Crippen molar-refractivity contribution >= 4 is 29.2 Å². The third kappa shape index (κ3) is 6.24. The smallest absolute Gasteiger partial charge is 0.229 e. The molecule has 0 saturated carbocycles. The standard InChI is InChI=1S/C22H31N5OS/c1-2-11-26(12-3-1)13-4-16-28-20-7-5-19(6-8-20)24-22-23-10-9-21(25-22)27-14-17-29-18-15-27/h5-10H,1-4,11-18H2,(H,23,24,25). The molecular formula is C22H31N5OS. The molecule has 2 aliphatic heterocycles. The molecule has 0 amide bonds. The zero-order chi connectivity index (χ0) is 19.7. The van der Waals surface area contributed by atoms with Gasteiger partial charge in [0.1, 0.15) is 11.6 Å². The molecule has 0 atom stereocenters. The third-order valence-corrected chi connectivity index (χ3v) is 6.37. The molecule has 1 aromatic carbocycles. The maximum atomic E-state index is 5.91. The van der Waals surface area contributed by atoms with E-state index in [2.05, 4.69) is 25.1 Å². The van der Waals surface area contributed by atoms with Crippen LogP contribution in [0.5, 0.6) is 5.75 Å². The van der Waals surface area contributed by atoms with E-state index in [0.717, 1.165) is 61.4 Å². The maximum absolute atomic E-state index is 5.91. The van der Waals surface area contributed by atoms with E-state index in [1.165, 1.54) is 32.4 Å². The van der Waals surface area contributed by atoms with Crippen molar-refractivity contribution in [2.24, 2.45) is 0 Å². The van der Waals surface area contributed by atoms with E-state index in [1.54, 1.807) is 0 Å². The molecule has 7 heteroatoms. The van der Waals surface area contributed by atoms with Crippen molar-refractivity contribution in [1.29, 1.82) is 0 Å². The lowest BCUT2D eigenvalue weighted by molar-refractivity contribution is 0.205.